The lowest BCUT2D eigenvalue weighted by Crippen LogP contribution is -2.56. The van der Waals surface area contributed by atoms with Crippen LogP contribution in [-0.4, -0.2) is 61.8 Å². The van der Waals surface area contributed by atoms with E-state index in [4.69, 9.17) is 30.1 Å². The van der Waals surface area contributed by atoms with E-state index in [9.17, 15) is 4.79 Å². The molecule has 1 aliphatic rings. The number of carbonyl (C=O) groups excluding carboxylic acids is 1. The molecule has 1 aromatic rings. The van der Waals surface area contributed by atoms with Crippen molar-refractivity contribution in [3.05, 3.63) is 6.07 Å². The standard InChI is InChI=1S/C15H17FN2O6/c1-4-6-23-13(19)15(16)9-22-7-5-10(15)24-14-17-11(20-2)8-12(18-14)21-3/h1,8,10H,5-7,9H2,2-3H3. The molecule has 0 N–H and O–H groups in total. The molecule has 0 amide bonds. The number of terminal acetylenes is 1. The van der Waals surface area contributed by atoms with Gasteiger partial charge >= 0.3 is 12.0 Å². The fraction of sp³-hybridized carbons (Fsp3) is 0.533. The van der Waals surface area contributed by atoms with Gasteiger partial charge in [0, 0.05) is 6.42 Å². The number of rotatable bonds is 6. The maximum atomic E-state index is 15.1. The zero-order valence-electron chi connectivity index (χ0n) is 13.3. The monoisotopic (exact) mass is 340 g/mol. The van der Waals surface area contributed by atoms with Crippen molar-refractivity contribution in [3.8, 4) is 30.1 Å². The molecule has 24 heavy (non-hydrogen) atoms. The van der Waals surface area contributed by atoms with Crippen LogP contribution in [0.5, 0.6) is 17.8 Å². The number of esters is 1. The molecule has 130 valence electrons. The zero-order valence-corrected chi connectivity index (χ0v) is 13.3. The topological polar surface area (TPSA) is 89.0 Å². The van der Waals surface area contributed by atoms with Crippen molar-refractivity contribution < 1.29 is 32.9 Å². The number of carbonyl (C=O) groups is 1. The maximum Gasteiger partial charge on any atom is 0.351 e. The summed E-state index contributed by atoms with van der Waals surface area (Å²) in [6.45, 7) is -0.650. The van der Waals surface area contributed by atoms with Crippen molar-refractivity contribution in [2.24, 2.45) is 0 Å². The number of hydrogen-bond acceptors (Lipinski definition) is 8. The predicted octanol–water partition coefficient (Wildman–Crippen LogP) is 0.546. The van der Waals surface area contributed by atoms with Crippen LogP contribution in [0.2, 0.25) is 0 Å². The first-order valence-electron chi connectivity index (χ1n) is 7.04. The highest BCUT2D eigenvalue weighted by Crippen LogP contribution is 2.30. The van der Waals surface area contributed by atoms with Crippen molar-refractivity contribution in [1.82, 2.24) is 9.97 Å². The number of ether oxygens (including phenoxy) is 5. The minimum Gasteiger partial charge on any atom is -0.481 e. The molecule has 8 nitrogen and oxygen atoms in total. The summed E-state index contributed by atoms with van der Waals surface area (Å²) in [6.07, 6.45) is 3.91. The number of methoxy groups -OCH3 is 2. The first-order valence-corrected chi connectivity index (χ1v) is 7.04. The molecule has 2 unspecified atom stereocenters. The van der Waals surface area contributed by atoms with Crippen molar-refractivity contribution in [2.45, 2.75) is 18.2 Å². The van der Waals surface area contributed by atoms with Crippen LogP contribution in [0.25, 0.3) is 0 Å². The Labute approximate surface area is 138 Å². The number of nitrogens with zero attached hydrogens (tertiary/aromatic N) is 2. The second kappa shape index (κ2) is 7.79. The normalized spacial score (nSPS) is 23.0. The van der Waals surface area contributed by atoms with E-state index < -0.39 is 24.3 Å². The summed E-state index contributed by atoms with van der Waals surface area (Å²) in [7, 11) is 2.80. The van der Waals surface area contributed by atoms with Crippen LogP contribution in [0.3, 0.4) is 0 Å². The van der Waals surface area contributed by atoms with Crippen molar-refractivity contribution in [3.63, 3.8) is 0 Å². The molecule has 0 saturated carbocycles. The molecule has 1 fully saturated rings. The Morgan fingerprint density at radius 1 is 1.46 bits per heavy atom. The van der Waals surface area contributed by atoms with Crippen LogP contribution in [-0.2, 0) is 14.3 Å². The third kappa shape index (κ3) is 3.83. The minimum atomic E-state index is -2.52. The second-order valence-electron chi connectivity index (χ2n) is 4.83. The molecule has 0 spiro atoms. The van der Waals surface area contributed by atoms with E-state index >= 15 is 4.39 Å². The van der Waals surface area contributed by atoms with E-state index in [1.54, 1.807) is 0 Å². The SMILES string of the molecule is C#CCOC(=O)C1(F)COCCC1Oc1nc(OC)cc(OC)n1. The van der Waals surface area contributed by atoms with Crippen molar-refractivity contribution in [2.75, 3.05) is 34.0 Å². The smallest absolute Gasteiger partial charge is 0.351 e. The van der Waals surface area contributed by atoms with Gasteiger partial charge < -0.3 is 23.7 Å². The summed E-state index contributed by atoms with van der Waals surface area (Å²) in [5, 5.41) is 0. The van der Waals surface area contributed by atoms with E-state index in [-0.39, 0.29) is 37.4 Å². The fourth-order valence-electron chi connectivity index (χ4n) is 2.08. The number of halogens is 1. The van der Waals surface area contributed by atoms with E-state index in [1.165, 1.54) is 20.3 Å². The third-order valence-electron chi connectivity index (χ3n) is 3.30. The van der Waals surface area contributed by atoms with Crippen LogP contribution >= 0.6 is 0 Å². The van der Waals surface area contributed by atoms with E-state index in [1.807, 2.05) is 0 Å². The lowest BCUT2D eigenvalue weighted by molar-refractivity contribution is -0.179. The Kier molecular flexibility index (Phi) is 5.76. The van der Waals surface area contributed by atoms with Crippen molar-refractivity contribution in [1.29, 1.82) is 0 Å². The highest BCUT2D eigenvalue weighted by molar-refractivity contribution is 5.81. The van der Waals surface area contributed by atoms with Crippen LogP contribution in [0.4, 0.5) is 4.39 Å². The summed E-state index contributed by atoms with van der Waals surface area (Å²) in [6, 6.07) is 1.24. The molecule has 2 rings (SSSR count). The number of aromatic nitrogens is 2. The summed E-state index contributed by atoms with van der Waals surface area (Å²) in [5.74, 6) is 1.29. The Hall–Kier alpha value is -2.60. The van der Waals surface area contributed by atoms with Crippen LogP contribution < -0.4 is 14.2 Å². The second-order valence-corrected chi connectivity index (χ2v) is 4.83. The van der Waals surface area contributed by atoms with Crippen molar-refractivity contribution >= 4 is 5.97 Å². The largest absolute Gasteiger partial charge is 0.481 e. The van der Waals surface area contributed by atoms with Crippen LogP contribution in [0, 0.1) is 12.3 Å². The van der Waals surface area contributed by atoms with Gasteiger partial charge in [-0.3, -0.25) is 0 Å². The quantitative estimate of drug-likeness (QED) is 0.548. The average molecular weight is 340 g/mol. The maximum absolute atomic E-state index is 15.1. The average Bonchev–Trinajstić information content (AvgIpc) is 2.61. The molecule has 1 aliphatic heterocycles. The van der Waals surface area contributed by atoms with Crippen LogP contribution in [0.1, 0.15) is 6.42 Å². The predicted molar refractivity (Wildman–Crippen MR) is 78.6 cm³/mol. The molecule has 0 bridgehead atoms. The van der Waals surface area contributed by atoms with Gasteiger partial charge in [-0.15, -0.1) is 6.42 Å². The van der Waals surface area contributed by atoms with E-state index in [0.717, 1.165) is 0 Å². The summed E-state index contributed by atoms with van der Waals surface area (Å²) in [4.78, 5) is 19.9. The lowest BCUT2D eigenvalue weighted by atomic mass is 9.95. The van der Waals surface area contributed by atoms with Gasteiger partial charge in [0.15, 0.2) is 12.7 Å². The molecule has 0 aliphatic carbocycles. The lowest BCUT2D eigenvalue weighted by Gasteiger charge is -2.34. The molecular weight excluding hydrogens is 323 g/mol. The molecule has 2 heterocycles. The molecule has 0 radical (unpaired) electrons. The van der Waals surface area contributed by atoms with Gasteiger partial charge in [-0.25, -0.2) is 9.18 Å². The first kappa shape index (κ1) is 17.7. The summed E-state index contributed by atoms with van der Waals surface area (Å²) < 4.78 is 40.3. The summed E-state index contributed by atoms with van der Waals surface area (Å²) >= 11 is 0. The molecule has 0 aromatic carbocycles. The van der Waals surface area contributed by atoms with Gasteiger partial charge in [0.2, 0.25) is 11.8 Å². The van der Waals surface area contributed by atoms with Gasteiger partial charge in [0.1, 0.15) is 0 Å². The molecular formula is C15H17FN2O6. The van der Waals surface area contributed by atoms with Gasteiger partial charge in [0.05, 0.1) is 33.5 Å². The Balaban J connectivity index is 2.22. The van der Waals surface area contributed by atoms with Gasteiger partial charge in [0.25, 0.3) is 5.67 Å². The molecule has 1 saturated heterocycles. The minimum absolute atomic E-state index is 0.102. The van der Waals surface area contributed by atoms with Gasteiger partial charge in [-0.05, 0) is 0 Å². The highest BCUT2D eigenvalue weighted by Gasteiger charge is 2.52. The third-order valence-corrected chi connectivity index (χ3v) is 3.30. The van der Waals surface area contributed by atoms with E-state index in [0.29, 0.717) is 0 Å². The fourth-order valence-corrected chi connectivity index (χ4v) is 2.08. The number of alkyl halides is 1. The van der Waals surface area contributed by atoms with Gasteiger partial charge in [-0.1, -0.05) is 5.92 Å². The van der Waals surface area contributed by atoms with E-state index in [2.05, 4.69) is 15.9 Å². The molecule has 9 heteroatoms. The number of hydrogen-bond donors (Lipinski definition) is 0. The Morgan fingerprint density at radius 2 is 2.12 bits per heavy atom. The highest BCUT2D eigenvalue weighted by atomic mass is 19.1. The zero-order chi connectivity index (χ0) is 17.6. The summed E-state index contributed by atoms with van der Waals surface area (Å²) in [5.41, 5.74) is -2.52. The van der Waals surface area contributed by atoms with Crippen LogP contribution in [0.15, 0.2) is 6.07 Å². The Bertz CT molecular complexity index is 613. The Morgan fingerprint density at radius 3 is 2.71 bits per heavy atom. The van der Waals surface area contributed by atoms with Gasteiger partial charge in [-0.2, -0.15) is 9.97 Å². The molecule has 2 atom stereocenters. The first-order chi connectivity index (χ1) is 11.5. The molecule has 1 aromatic heterocycles.